The van der Waals surface area contributed by atoms with Gasteiger partial charge in [-0.05, 0) is 25.7 Å². The van der Waals surface area contributed by atoms with Crippen LogP contribution in [-0.2, 0) is 9.53 Å². The third kappa shape index (κ3) is 2.83. The van der Waals surface area contributed by atoms with Crippen molar-refractivity contribution in [1.29, 1.82) is 0 Å². The summed E-state index contributed by atoms with van der Waals surface area (Å²) in [5, 5.41) is 0. The lowest BCUT2D eigenvalue weighted by molar-refractivity contribution is -0.138. The molecule has 2 heterocycles. The molecule has 0 spiro atoms. The van der Waals surface area contributed by atoms with Crippen molar-refractivity contribution in [1.82, 2.24) is 4.90 Å². The van der Waals surface area contributed by atoms with E-state index in [4.69, 9.17) is 22.7 Å². The molecule has 2 fully saturated rings. The minimum atomic E-state index is 0.0661. The number of carbonyl (C=O) groups excluding carboxylic acids is 1. The average Bonchev–Trinajstić information content (AvgIpc) is 2.86. The first-order chi connectivity index (χ1) is 8.63. The molecule has 2 saturated heterocycles. The molecular formula is C13H22N2O2S. The van der Waals surface area contributed by atoms with Crippen LogP contribution in [0.1, 0.15) is 32.6 Å². The second-order valence-electron chi connectivity index (χ2n) is 5.21. The van der Waals surface area contributed by atoms with Crippen LogP contribution in [0.4, 0.5) is 0 Å². The van der Waals surface area contributed by atoms with E-state index in [1.54, 1.807) is 0 Å². The lowest BCUT2D eigenvalue weighted by Crippen LogP contribution is -2.45. The zero-order valence-corrected chi connectivity index (χ0v) is 11.7. The monoisotopic (exact) mass is 270 g/mol. The van der Waals surface area contributed by atoms with Gasteiger partial charge in [-0.25, -0.2) is 0 Å². The minimum absolute atomic E-state index is 0.0661. The number of rotatable bonds is 3. The smallest absolute Gasteiger partial charge is 0.228 e. The normalized spacial score (nSPS) is 29.5. The number of piperidine rings is 1. The highest BCUT2D eigenvalue weighted by Crippen LogP contribution is 2.27. The summed E-state index contributed by atoms with van der Waals surface area (Å²) in [6, 6.07) is 0. The Balaban J connectivity index is 1.89. The largest absolute Gasteiger partial charge is 0.393 e. The zero-order chi connectivity index (χ0) is 13.1. The number of hydrogen-bond donors (Lipinski definition) is 1. The molecule has 18 heavy (non-hydrogen) atoms. The molecular weight excluding hydrogens is 248 g/mol. The Labute approximate surface area is 114 Å². The molecule has 2 atom stereocenters. The van der Waals surface area contributed by atoms with Gasteiger partial charge in [0, 0.05) is 25.6 Å². The van der Waals surface area contributed by atoms with Crippen molar-refractivity contribution >= 4 is 23.1 Å². The van der Waals surface area contributed by atoms with E-state index in [1.807, 2.05) is 4.90 Å². The molecule has 0 aliphatic carbocycles. The van der Waals surface area contributed by atoms with Gasteiger partial charge in [-0.15, -0.1) is 0 Å². The number of ether oxygens (including phenoxy) is 1. The van der Waals surface area contributed by atoms with Gasteiger partial charge in [0.15, 0.2) is 0 Å². The minimum Gasteiger partial charge on any atom is -0.393 e. The van der Waals surface area contributed by atoms with Crippen LogP contribution in [0.3, 0.4) is 0 Å². The molecule has 0 aromatic rings. The van der Waals surface area contributed by atoms with E-state index in [1.165, 1.54) is 0 Å². The number of carbonyl (C=O) groups is 1. The summed E-state index contributed by atoms with van der Waals surface area (Å²) >= 11 is 5.02. The van der Waals surface area contributed by atoms with Crippen molar-refractivity contribution in [2.75, 3.05) is 19.7 Å². The Kier molecular flexibility index (Phi) is 4.56. The molecule has 0 bridgehead atoms. The third-order valence-electron chi connectivity index (χ3n) is 4.14. The van der Waals surface area contributed by atoms with Crippen LogP contribution in [0.15, 0.2) is 0 Å². The lowest BCUT2D eigenvalue weighted by Gasteiger charge is -2.33. The topological polar surface area (TPSA) is 55.6 Å². The van der Waals surface area contributed by atoms with Crippen molar-refractivity contribution in [2.24, 2.45) is 17.6 Å². The number of hydrogen-bond acceptors (Lipinski definition) is 3. The molecule has 5 heteroatoms. The van der Waals surface area contributed by atoms with Crippen molar-refractivity contribution in [2.45, 2.75) is 38.7 Å². The Morgan fingerprint density at radius 3 is 2.61 bits per heavy atom. The molecule has 102 valence electrons. The number of nitrogens with two attached hydrogens (primary N) is 1. The van der Waals surface area contributed by atoms with E-state index in [9.17, 15) is 4.79 Å². The highest BCUT2D eigenvalue weighted by Gasteiger charge is 2.36. The number of nitrogens with zero attached hydrogens (tertiary/aromatic N) is 1. The van der Waals surface area contributed by atoms with Gasteiger partial charge in [0.2, 0.25) is 5.91 Å². The maximum atomic E-state index is 12.4. The van der Waals surface area contributed by atoms with Gasteiger partial charge >= 0.3 is 0 Å². The van der Waals surface area contributed by atoms with Gasteiger partial charge in [0.25, 0.3) is 0 Å². The first kappa shape index (κ1) is 13.7. The summed E-state index contributed by atoms with van der Waals surface area (Å²) in [5.74, 6) is 0.642. The molecule has 0 aromatic carbocycles. The van der Waals surface area contributed by atoms with Crippen LogP contribution in [0, 0.1) is 11.8 Å². The number of likely N-dealkylation sites (tertiary alicyclic amines) is 1. The molecule has 0 aromatic heterocycles. The molecule has 1 amide bonds. The average molecular weight is 270 g/mol. The first-order valence-electron chi connectivity index (χ1n) is 6.83. The van der Waals surface area contributed by atoms with Crippen LogP contribution in [0.25, 0.3) is 0 Å². The van der Waals surface area contributed by atoms with Crippen LogP contribution in [0.2, 0.25) is 0 Å². The fraction of sp³-hybridized carbons (Fsp3) is 0.846. The summed E-state index contributed by atoms with van der Waals surface area (Å²) in [6.45, 7) is 4.37. The molecule has 2 N–H and O–H groups in total. The highest BCUT2D eigenvalue weighted by molar-refractivity contribution is 7.80. The van der Waals surface area contributed by atoms with E-state index in [-0.39, 0.29) is 17.9 Å². The molecule has 2 aliphatic heterocycles. The van der Waals surface area contributed by atoms with Gasteiger partial charge in [0.1, 0.15) is 0 Å². The van der Waals surface area contributed by atoms with Crippen molar-refractivity contribution in [3.63, 3.8) is 0 Å². The molecule has 2 aliphatic rings. The van der Waals surface area contributed by atoms with Gasteiger partial charge in [-0.1, -0.05) is 19.1 Å². The SMILES string of the molecule is CCC1OCCC1C(=O)N1CCC(C(N)=S)CC1. The Hall–Kier alpha value is -0.680. The van der Waals surface area contributed by atoms with Crippen LogP contribution >= 0.6 is 12.2 Å². The van der Waals surface area contributed by atoms with E-state index < -0.39 is 0 Å². The molecule has 4 nitrogen and oxygen atoms in total. The van der Waals surface area contributed by atoms with Crippen LogP contribution < -0.4 is 5.73 Å². The predicted molar refractivity (Wildman–Crippen MR) is 74.2 cm³/mol. The summed E-state index contributed by atoms with van der Waals surface area (Å²) in [4.78, 5) is 15.0. The number of amides is 1. The molecule has 2 unspecified atom stereocenters. The summed E-state index contributed by atoms with van der Waals surface area (Å²) < 4.78 is 5.60. The van der Waals surface area contributed by atoms with Gasteiger partial charge in [0.05, 0.1) is 17.0 Å². The molecule has 2 rings (SSSR count). The third-order valence-corrected chi connectivity index (χ3v) is 4.47. The lowest BCUT2D eigenvalue weighted by atomic mass is 9.93. The highest BCUT2D eigenvalue weighted by atomic mass is 32.1. The summed E-state index contributed by atoms with van der Waals surface area (Å²) in [6.07, 6.45) is 3.72. The second kappa shape index (κ2) is 5.97. The fourth-order valence-corrected chi connectivity index (χ4v) is 3.19. The van der Waals surface area contributed by atoms with Crippen LogP contribution in [-0.4, -0.2) is 41.6 Å². The Morgan fingerprint density at radius 2 is 2.06 bits per heavy atom. The summed E-state index contributed by atoms with van der Waals surface area (Å²) in [5.41, 5.74) is 5.66. The van der Waals surface area contributed by atoms with Gasteiger partial charge in [-0.3, -0.25) is 4.79 Å². The zero-order valence-electron chi connectivity index (χ0n) is 10.9. The Bertz CT molecular complexity index is 327. The predicted octanol–water partition coefficient (Wildman–Crippen LogP) is 1.33. The maximum Gasteiger partial charge on any atom is 0.228 e. The van der Waals surface area contributed by atoms with Gasteiger partial charge in [-0.2, -0.15) is 0 Å². The van der Waals surface area contributed by atoms with Crippen LogP contribution in [0.5, 0.6) is 0 Å². The van der Waals surface area contributed by atoms with E-state index in [2.05, 4.69) is 6.92 Å². The second-order valence-corrected chi connectivity index (χ2v) is 5.69. The number of thiocarbonyl (C=S) groups is 1. The van der Waals surface area contributed by atoms with Crippen molar-refractivity contribution in [3.05, 3.63) is 0 Å². The Morgan fingerprint density at radius 1 is 1.39 bits per heavy atom. The molecule has 0 saturated carbocycles. The first-order valence-corrected chi connectivity index (χ1v) is 7.24. The molecule has 0 radical (unpaired) electrons. The quantitative estimate of drug-likeness (QED) is 0.786. The van der Waals surface area contributed by atoms with Crippen molar-refractivity contribution < 1.29 is 9.53 Å². The van der Waals surface area contributed by atoms with Gasteiger partial charge < -0.3 is 15.4 Å². The summed E-state index contributed by atoms with van der Waals surface area (Å²) in [7, 11) is 0. The standard InChI is InChI=1S/C13H22N2O2S/c1-2-11-10(5-8-17-11)13(16)15-6-3-9(4-7-15)12(14)18/h9-11H,2-8H2,1H3,(H2,14,18). The van der Waals surface area contributed by atoms with Crippen molar-refractivity contribution in [3.8, 4) is 0 Å². The van der Waals surface area contributed by atoms with E-state index in [0.29, 0.717) is 10.9 Å². The maximum absolute atomic E-state index is 12.4. The fourth-order valence-electron chi connectivity index (χ4n) is 2.95. The van der Waals surface area contributed by atoms with E-state index >= 15 is 0 Å². The van der Waals surface area contributed by atoms with E-state index in [0.717, 1.165) is 45.4 Å².